The Kier molecular flexibility index (Phi) is 8.81. The van der Waals surface area contributed by atoms with Gasteiger partial charge in [0.2, 0.25) is 5.91 Å². The average Bonchev–Trinajstić information content (AvgIpc) is 3.38. The summed E-state index contributed by atoms with van der Waals surface area (Å²) in [6.07, 6.45) is 1.42. The van der Waals surface area contributed by atoms with Gasteiger partial charge in [0.15, 0.2) is 10.9 Å². The Morgan fingerprint density at radius 1 is 1.11 bits per heavy atom. The maximum absolute atomic E-state index is 13.1. The molecule has 0 spiro atoms. The van der Waals surface area contributed by atoms with E-state index in [0.29, 0.717) is 28.3 Å². The molecule has 0 saturated carbocycles. The maximum atomic E-state index is 13.1. The van der Waals surface area contributed by atoms with Crippen molar-refractivity contribution in [2.24, 2.45) is 0 Å². The molecule has 0 unspecified atom stereocenters. The molecule has 0 aliphatic carbocycles. The van der Waals surface area contributed by atoms with Crippen molar-refractivity contribution in [2.45, 2.75) is 31.0 Å². The number of carbonyl (C=O) groups excluding carboxylic acids is 2. The third-order valence-electron chi connectivity index (χ3n) is 5.61. The zero-order valence-electron chi connectivity index (χ0n) is 19.8. The highest BCUT2D eigenvalue weighted by atomic mass is 32.2. The number of hydrogen-bond acceptors (Lipinski definition) is 8. The molecule has 4 aromatic rings. The molecule has 4 rings (SSSR count). The number of aromatic nitrogens is 2. The molecule has 11 heteroatoms. The van der Waals surface area contributed by atoms with Crippen LogP contribution in [0.5, 0.6) is 0 Å². The van der Waals surface area contributed by atoms with Crippen molar-refractivity contribution in [1.29, 1.82) is 0 Å². The summed E-state index contributed by atoms with van der Waals surface area (Å²) in [5, 5.41) is 16.1. The molecule has 2 heterocycles. The van der Waals surface area contributed by atoms with Crippen molar-refractivity contribution in [3.8, 4) is 0 Å². The molecule has 0 radical (unpaired) electrons. The lowest BCUT2D eigenvalue weighted by Crippen LogP contribution is -2.27. The van der Waals surface area contributed by atoms with Crippen LogP contribution in [-0.2, 0) is 17.8 Å². The lowest BCUT2D eigenvalue weighted by atomic mass is 10.1. The van der Waals surface area contributed by atoms with E-state index in [4.69, 9.17) is 0 Å². The molecule has 0 aliphatic heterocycles. The van der Waals surface area contributed by atoms with Gasteiger partial charge in [0.25, 0.3) is 11.2 Å². The van der Waals surface area contributed by atoms with Gasteiger partial charge in [-0.3, -0.25) is 29.1 Å². The van der Waals surface area contributed by atoms with Crippen molar-refractivity contribution in [1.82, 2.24) is 14.9 Å². The number of thiophene rings is 1. The van der Waals surface area contributed by atoms with Crippen LogP contribution in [0.3, 0.4) is 0 Å². The number of carbonyl (C=O) groups is 2. The Morgan fingerprint density at radius 3 is 2.70 bits per heavy atom. The van der Waals surface area contributed by atoms with Crippen LogP contribution in [0.2, 0.25) is 0 Å². The first-order valence-corrected chi connectivity index (χ1v) is 13.5. The highest BCUT2D eigenvalue weighted by Gasteiger charge is 2.17. The molecule has 9 nitrogen and oxygen atoms in total. The number of nitrogens with one attached hydrogen (secondary N) is 1. The van der Waals surface area contributed by atoms with E-state index >= 15 is 0 Å². The van der Waals surface area contributed by atoms with Crippen LogP contribution in [0.4, 0.5) is 5.69 Å². The fourth-order valence-corrected chi connectivity index (χ4v) is 5.41. The van der Waals surface area contributed by atoms with Gasteiger partial charge in [-0.1, -0.05) is 54.2 Å². The number of ketones is 1. The normalized spacial score (nSPS) is 10.9. The van der Waals surface area contributed by atoms with Crippen LogP contribution in [0.25, 0.3) is 10.2 Å². The molecule has 0 fully saturated rings. The Hall–Kier alpha value is -3.83. The molecule has 2 aromatic heterocycles. The van der Waals surface area contributed by atoms with Gasteiger partial charge in [0, 0.05) is 37.2 Å². The summed E-state index contributed by atoms with van der Waals surface area (Å²) < 4.78 is 2.02. The van der Waals surface area contributed by atoms with Crippen LogP contribution in [0.15, 0.2) is 76.0 Å². The fourth-order valence-electron chi connectivity index (χ4n) is 3.71. The second kappa shape index (κ2) is 12.4. The van der Waals surface area contributed by atoms with Crippen molar-refractivity contribution in [3.05, 3.63) is 97.6 Å². The third kappa shape index (κ3) is 6.89. The van der Waals surface area contributed by atoms with E-state index in [1.165, 1.54) is 40.2 Å². The second-order valence-corrected chi connectivity index (χ2v) is 10.1. The first-order valence-electron chi connectivity index (χ1n) is 11.6. The van der Waals surface area contributed by atoms with Crippen LogP contribution < -0.4 is 10.9 Å². The molecule has 190 valence electrons. The minimum absolute atomic E-state index is 0.0385. The monoisotopic (exact) mass is 536 g/mol. The van der Waals surface area contributed by atoms with E-state index in [1.54, 1.807) is 11.4 Å². The van der Waals surface area contributed by atoms with Crippen LogP contribution in [0, 0.1) is 10.1 Å². The molecular weight excluding hydrogens is 512 g/mol. The number of rotatable bonds is 12. The lowest BCUT2D eigenvalue weighted by Gasteiger charge is -2.12. The van der Waals surface area contributed by atoms with Gasteiger partial charge < -0.3 is 5.32 Å². The van der Waals surface area contributed by atoms with Gasteiger partial charge in [0.1, 0.15) is 4.70 Å². The SMILES string of the molecule is O=C(CCCn1c(SCC(=O)c2cccc([N+](=O)[O-])c2)nc2ccsc2c1=O)NCCc1ccccc1. The standard InChI is InChI=1S/C26H24N4O5S2/c31-22(19-8-4-9-20(16-19)30(34)35)17-37-26-28-21-12-15-36-24(21)25(33)29(26)14-5-10-23(32)27-13-11-18-6-2-1-3-7-18/h1-4,6-9,12,15-16H,5,10-11,13-14,17H2,(H,27,32). The number of non-ortho nitro benzene ring substituents is 1. The van der Waals surface area contributed by atoms with E-state index in [0.717, 1.165) is 23.7 Å². The summed E-state index contributed by atoms with van der Waals surface area (Å²) in [4.78, 5) is 53.1. The predicted molar refractivity (Wildman–Crippen MR) is 144 cm³/mol. The number of amides is 1. The largest absolute Gasteiger partial charge is 0.356 e. The number of Topliss-reactive ketones (excluding diaryl/α,β-unsaturated/α-hetero) is 1. The number of nitrogens with zero attached hydrogens (tertiary/aromatic N) is 3. The smallest absolute Gasteiger partial charge is 0.272 e. The molecule has 0 saturated heterocycles. The van der Waals surface area contributed by atoms with Crippen LogP contribution >= 0.6 is 23.1 Å². The van der Waals surface area contributed by atoms with Gasteiger partial charge >= 0.3 is 0 Å². The van der Waals surface area contributed by atoms with E-state index in [-0.39, 0.29) is 47.2 Å². The molecule has 0 aliphatic rings. The van der Waals surface area contributed by atoms with Crippen molar-refractivity contribution >= 4 is 50.7 Å². The van der Waals surface area contributed by atoms with Crippen molar-refractivity contribution < 1.29 is 14.5 Å². The number of fused-ring (bicyclic) bond motifs is 1. The van der Waals surface area contributed by atoms with E-state index in [1.807, 2.05) is 30.3 Å². The summed E-state index contributed by atoms with van der Waals surface area (Å²) in [7, 11) is 0. The first kappa shape index (κ1) is 26.2. The molecule has 0 atom stereocenters. The molecule has 37 heavy (non-hydrogen) atoms. The quantitative estimate of drug-likeness (QED) is 0.0931. The Morgan fingerprint density at radius 2 is 1.92 bits per heavy atom. The van der Waals surface area contributed by atoms with E-state index < -0.39 is 4.92 Å². The summed E-state index contributed by atoms with van der Waals surface area (Å²) in [5.74, 6) is -0.439. The van der Waals surface area contributed by atoms with Crippen molar-refractivity contribution in [2.75, 3.05) is 12.3 Å². The van der Waals surface area contributed by atoms with E-state index in [2.05, 4.69) is 10.3 Å². The lowest BCUT2D eigenvalue weighted by molar-refractivity contribution is -0.384. The predicted octanol–water partition coefficient (Wildman–Crippen LogP) is 4.48. The summed E-state index contributed by atoms with van der Waals surface area (Å²) >= 11 is 2.40. The zero-order valence-corrected chi connectivity index (χ0v) is 21.4. The zero-order chi connectivity index (χ0) is 26.2. The number of nitro benzene ring substituents is 1. The van der Waals surface area contributed by atoms with Gasteiger partial charge in [-0.25, -0.2) is 4.98 Å². The van der Waals surface area contributed by atoms with Crippen LogP contribution in [0.1, 0.15) is 28.8 Å². The Labute approximate surface area is 220 Å². The fraction of sp³-hybridized carbons (Fsp3) is 0.231. The van der Waals surface area contributed by atoms with Crippen LogP contribution in [-0.4, -0.2) is 38.5 Å². The summed E-state index contributed by atoms with van der Waals surface area (Å²) in [6.45, 7) is 0.811. The second-order valence-electron chi connectivity index (χ2n) is 8.19. The minimum atomic E-state index is -0.550. The molecular formula is C26H24N4O5S2. The topological polar surface area (TPSA) is 124 Å². The number of nitro groups is 1. The minimum Gasteiger partial charge on any atom is -0.356 e. The van der Waals surface area contributed by atoms with Gasteiger partial charge in [-0.15, -0.1) is 11.3 Å². The van der Waals surface area contributed by atoms with Gasteiger partial charge in [-0.05, 0) is 29.9 Å². The molecule has 2 aromatic carbocycles. The highest BCUT2D eigenvalue weighted by Crippen LogP contribution is 2.23. The van der Waals surface area contributed by atoms with Gasteiger partial charge in [-0.2, -0.15) is 0 Å². The van der Waals surface area contributed by atoms with E-state index in [9.17, 15) is 24.5 Å². The number of benzene rings is 2. The highest BCUT2D eigenvalue weighted by molar-refractivity contribution is 7.99. The molecule has 1 N–H and O–H groups in total. The summed E-state index contributed by atoms with van der Waals surface area (Å²) in [6, 6.07) is 17.2. The van der Waals surface area contributed by atoms with Crippen molar-refractivity contribution in [3.63, 3.8) is 0 Å². The Bertz CT molecular complexity index is 1480. The van der Waals surface area contributed by atoms with Gasteiger partial charge in [0.05, 0.1) is 16.2 Å². The number of thioether (sulfide) groups is 1. The Balaban J connectivity index is 1.39. The molecule has 1 amide bonds. The average molecular weight is 537 g/mol. The molecule has 0 bridgehead atoms. The number of hydrogen-bond donors (Lipinski definition) is 1. The third-order valence-corrected chi connectivity index (χ3v) is 7.47. The maximum Gasteiger partial charge on any atom is 0.272 e. The first-order chi connectivity index (χ1) is 17.9. The summed E-state index contributed by atoms with van der Waals surface area (Å²) in [5.41, 5.74) is 1.54.